The van der Waals surface area contributed by atoms with E-state index >= 15 is 0 Å². The van der Waals surface area contributed by atoms with Crippen LogP contribution in [0.2, 0.25) is 0 Å². The zero-order valence-corrected chi connectivity index (χ0v) is 56.3. The Morgan fingerprint density at radius 3 is 1.53 bits per heavy atom. The van der Waals surface area contributed by atoms with Gasteiger partial charge in [0.25, 0.3) is 0 Å². The van der Waals surface area contributed by atoms with Crippen LogP contribution < -0.4 is 25.7 Å². The molecule has 6 heteroatoms. The van der Waals surface area contributed by atoms with Gasteiger partial charge in [0.05, 0.1) is 11.4 Å². The van der Waals surface area contributed by atoms with Crippen molar-refractivity contribution in [2.45, 2.75) is 150 Å². The van der Waals surface area contributed by atoms with E-state index in [9.17, 15) is 0 Å². The van der Waals surface area contributed by atoms with Crippen molar-refractivity contribution in [3.63, 3.8) is 0 Å². The monoisotopic (exact) mass is 1190 g/mol. The predicted octanol–water partition coefficient (Wildman–Crippen LogP) is 23.0. The number of nitrogens with zero attached hydrogens (tertiary/aromatic N) is 3. The summed E-state index contributed by atoms with van der Waals surface area (Å²) in [5.74, 6) is 0. The number of rotatable bonds is 6. The van der Waals surface area contributed by atoms with Gasteiger partial charge in [0.1, 0.15) is 22.4 Å². The fraction of sp³-hybridized carbons (Fsp3) is 0.271. The molecule has 2 aromatic heterocycles. The van der Waals surface area contributed by atoms with Crippen molar-refractivity contribution in [2.24, 2.45) is 0 Å². The topological polar surface area (TPSA) is 36.0 Å². The Hall–Kier alpha value is -9.00. The average molecular weight is 1190 g/mol. The quantitative estimate of drug-likeness (QED) is 0.155. The summed E-state index contributed by atoms with van der Waals surface area (Å²) in [7, 11) is 0. The van der Waals surface area contributed by atoms with Gasteiger partial charge in [-0.1, -0.05) is 221 Å². The van der Waals surface area contributed by atoms with E-state index in [2.05, 4.69) is 333 Å². The molecule has 0 amide bonds. The number of para-hydroxylation sites is 1. The molecule has 0 fully saturated rings. The zero-order valence-electron chi connectivity index (χ0n) is 56.3. The summed E-state index contributed by atoms with van der Waals surface area (Å²) < 4.78 is 15.1. The van der Waals surface area contributed by atoms with E-state index in [1.807, 2.05) is 0 Å². The van der Waals surface area contributed by atoms with E-state index in [1.54, 1.807) is 0 Å². The number of fused-ring (bicyclic) bond motifs is 13. The minimum atomic E-state index is -0.416. The van der Waals surface area contributed by atoms with Crippen molar-refractivity contribution in [1.29, 1.82) is 0 Å². The maximum Gasteiger partial charge on any atom is 0.376 e. The number of benzene rings is 10. The summed E-state index contributed by atoms with van der Waals surface area (Å²) in [6, 6.07) is 76.3. The van der Waals surface area contributed by atoms with E-state index in [4.69, 9.17) is 8.83 Å². The van der Waals surface area contributed by atoms with Crippen LogP contribution in [0.1, 0.15) is 157 Å². The maximum absolute atomic E-state index is 7.72. The van der Waals surface area contributed by atoms with Crippen LogP contribution in [0.3, 0.4) is 0 Å². The van der Waals surface area contributed by atoms with Crippen molar-refractivity contribution in [3.8, 4) is 33.4 Å². The lowest BCUT2D eigenvalue weighted by atomic mass is 9.45. The summed E-state index contributed by atoms with van der Waals surface area (Å²) >= 11 is 0. The van der Waals surface area contributed by atoms with Gasteiger partial charge in [-0.15, -0.1) is 0 Å². The van der Waals surface area contributed by atoms with Crippen molar-refractivity contribution < 1.29 is 8.83 Å². The van der Waals surface area contributed by atoms with E-state index in [0.717, 1.165) is 112 Å². The molecule has 0 spiro atoms. The molecule has 2 aliphatic heterocycles. The Bertz CT molecular complexity index is 4850. The Labute approximate surface area is 539 Å². The van der Waals surface area contributed by atoms with Crippen LogP contribution in [0.4, 0.5) is 45.5 Å². The van der Waals surface area contributed by atoms with Crippen molar-refractivity contribution in [2.75, 3.05) is 14.6 Å². The van der Waals surface area contributed by atoms with Crippen LogP contribution in [-0.2, 0) is 32.5 Å². The third kappa shape index (κ3) is 9.31. The molecule has 3 aliphatic rings. The molecule has 0 saturated carbocycles. The Balaban J connectivity index is 1.03. The first-order valence-corrected chi connectivity index (χ1v) is 32.8. The predicted molar refractivity (Wildman–Crippen MR) is 388 cm³/mol. The zero-order chi connectivity index (χ0) is 63.8. The third-order valence-corrected chi connectivity index (χ3v) is 20.2. The van der Waals surface area contributed by atoms with Crippen LogP contribution in [-0.4, -0.2) is 6.85 Å². The second-order valence-corrected chi connectivity index (χ2v) is 31.9. The lowest BCUT2D eigenvalue weighted by Gasteiger charge is -2.44. The highest BCUT2D eigenvalue weighted by Gasteiger charge is 2.51. The van der Waals surface area contributed by atoms with Crippen molar-refractivity contribution in [1.82, 2.24) is 0 Å². The summed E-state index contributed by atoms with van der Waals surface area (Å²) in [6.07, 6.45) is 0. The molecule has 0 unspecified atom stereocenters. The smallest absolute Gasteiger partial charge is 0.376 e. The molecule has 454 valence electrons. The molecular weight excluding hydrogens is 1110 g/mol. The fourth-order valence-electron chi connectivity index (χ4n) is 14.9. The minimum Gasteiger partial charge on any atom is -0.466 e. The van der Waals surface area contributed by atoms with Gasteiger partial charge in [0.2, 0.25) is 0 Å². The van der Waals surface area contributed by atoms with Gasteiger partial charge in [-0.25, -0.2) is 0 Å². The van der Waals surface area contributed by atoms with Gasteiger partial charge in [0.15, 0.2) is 0 Å². The van der Waals surface area contributed by atoms with Crippen molar-refractivity contribution in [3.05, 3.63) is 239 Å². The molecule has 0 bridgehead atoms. The van der Waals surface area contributed by atoms with Gasteiger partial charge < -0.3 is 23.4 Å². The highest BCUT2D eigenvalue weighted by Crippen LogP contribution is 2.59. The first-order chi connectivity index (χ1) is 43.0. The molecule has 4 heterocycles. The van der Waals surface area contributed by atoms with Crippen LogP contribution >= 0.6 is 0 Å². The van der Waals surface area contributed by atoms with Crippen LogP contribution in [0, 0.1) is 0 Å². The molecule has 10 aromatic carbocycles. The van der Waals surface area contributed by atoms with E-state index in [-0.39, 0.29) is 27.1 Å². The summed E-state index contributed by atoms with van der Waals surface area (Å²) in [4.78, 5) is 7.65. The molecule has 12 aromatic rings. The molecule has 0 N–H and O–H groups in total. The lowest BCUT2D eigenvalue weighted by molar-refractivity contribution is 0.590. The Morgan fingerprint density at radius 2 is 0.912 bits per heavy atom. The second-order valence-electron chi connectivity index (χ2n) is 31.9. The molecular formula is C85H84BN3O2. The molecule has 0 saturated heterocycles. The molecule has 5 nitrogen and oxygen atoms in total. The summed E-state index contributed by atoms with van der Waals surface area (Å²) in [6.45, 7) is 39.0. The Morgan fingerprint density at radius 1 is 0.385 bits per heavy atom. The molecule has 0 atom stereocenters. The number of furan rings is 2. The maximum atomic E-state index is 7.72. The average Bonchev–Trinajstić information content (AvgIpc) is 1.64. The van der Waals surface area contributed by atoms with Gasteiger partial charge in [-0.3, -0.25) is 0 Å². The second kappa shape index (κ2) is 20.0. The van der Waals surface area contributed by atoms with E-state index in [1.165, 1.54) is 50.1 Å². The largest absolute Gasteiger partial charge is 0.466 e. The highest BCUT2D eigenvalue weighted by molar-refractivity contribution is 6.93. The fourth-order valence-corrected chi connectivity index (χ4v) is 14.9. The van der Waals surface area contributed by atoms with Gasteiger partial charge in [0, 0.05) is 72.4 Å². The third-order valence-electron chi connectivity index (χ3n) is 20.2. The van der Waals surface area contributed by atoms with Gasteiger partial charge >= 0.3 is 6.85 Å². The summed E-state index contributed by atoms with van der Waals surface area (Å²) in [5, 5.41) is 3.26. The Kier molecular flexibility index (Phi) is 12.8. The van der Waals surface area contributed by atoms with Crippen LogP contribution in [0.25, 0.3) is 66.3 Å². The van der Waals surface area contributed by atoms with Crippen LogP contribution in [0.5, 0.6) is 0 Å². The van der Waals surface area contributed by atoms with Gasteiger partial charge in [-0.2, -0.15) is 0 Å². The molecule has 0 radical (unpaired) electrons. The summed E-state index contributed by atoms with van der Waals surface area (Å²) in [5.41, 5.74) is 28.9. The first-order valence-electron chi connectivity index (χ1n) is 32.8. The first kappa shape index (κ1) is 58.4. The van der Waals surface area contributed by atoms with E-state index in [0.29, 0.717) is 0 Å². The SMILES string of the molecule is CC(C)(C)c1ccc(N2B3c4oc5ccc(C(C)(C)C)cc5c4N(c4ccc(C(C)(C)C)cc4-c4ccccc4)c4cc5c(oc6ccccc65)c(c43)-c3cc4c(cc32)C(C)(C)c2cc(N(c3ccc(C(C)(C)C)cc3)c3ccc(C(C)(C)C)cc3)ccc2-4)cc1. The van der Waals surface area contributed by atoms with E-state index < -0.39 is 12.3 Å². The van der Waals surface area contributed by atoms with Crippen LogP contribution in [0.15, 0.2) is 209 Å². The van der Waals surface area contributed by atoms with Crippen molar-refractivity contribution >= 4 is 96.4 Å². The number of hydrogen-bond acceptors (Lipinski definition) is 5. The number of hydrogen-bond donors (Lipinski definition) is 0. The molecule has 91 heavy (non-hydrogen) atoms. The van der Waals surface area contributed by atoms with Gasteiger partial charge in [-0.05, 0) is 185 Å². The molecule has 15 rings (SSSR count). The number of anilines is 8. The normalized spacial score (nSPS) is 14.5. The highest BCUT2D eigenvalue weighted by atomic mass is 16.3. The lowest BCUT2D eigenvalue weighted by Crippen LogP contribution is -2.61. The minimum absolute atomic E-state index is 0.0237. The molecule has 1 aliphatic carbocycles. The standard InChI is InChI=1S/C85H84BN3O2/c1-80(2,3)52-27-35-57(36-28-52)87(58-37-29-53(30-38-58)81(4,5)6)60-41-42-61-64-48-66-71(50-69(64)85(16,17)68(61)47-60)89(59-39-31-54(32-40-59)82(7,8)9)86-76-72(49-65-62-25-21-22-26-73(62)90-78(65)75(66)76)88(77-67-46-56(84(13,14)15)34-44-74(67)91-79(77)86)70-43-33-55(83(10,11)12)45-63(70)51-23-19-18-20-24-51/h18-50H,1-17H3.